The maximum atomic E-state index is 9.11. The Morgan fingerprint density at radius 3 is 2.47 bits per heavy atom. The highest BCUT2D eigenvalue weighted by atomic mass is 79.9. The number of rotatable bonds is 4. The van der Waals surface area contributed by atoms with Crippen LogP contribution in [0.5, 0.6) is 0 Å². The van der Waals surface area contributed by atoms with Gasteiger partial charge in [-0.3, -0.25) is 0 Å². The van der Waals surface area contributed by atoms with Gasteiger partial charge in [0.1, 0.15) is 0 Å². The molecule has 0 radical (unpaired) electrons. The number of hydrogen-bond acceptors (Lipinski definition) is 3. The maximum Gasteiger partial charge on any atom is 0.0766 e. The summed E-state index contributed by atoms with van der Waals surface area (Å²) < 4.78 is 1.15. The molecule has 0 aliphatic rings. The fourth-order valence-electron chi connectivity index (χ4n) is 1.70. The lowest BCUT2D eigenvalue weighted by molar-refractivity contribution is 0.687. The number of halogens is 1. The molecule has 0 unspecified atom stereocenters. The molecule has 2 rings (SSSR count). The van der Waals surface area contributed by atoms with Crippen LogP contribution in [0.4, 0.5) is 5.69 Å². The Balaban J connectivity index is 2.04. The zero-order valence-electron chi connectivity index (χ0n) is 10.9. The molecule has 4 heteroatoms. The highest BCUT2D eigenvalue weighted by Gasteiger charge is 2.18. The number of hydrogen-bond donors (Lipinski definition) is 1. The van der Waals surface area contributed by atoms with Gasteiger partial charge >= 0.3 is 0 Å². The molecule has 0 aliphatic heterocycles. The van der Waals surface area contributed by atoms with Crippen molar-refractivity contribution < 1.29 is 0 Å². The largest absolute Gasteiger partial charge is 0.380 e. The van der Waals surface area contributed by atoms with Crippen molar-refractivity contribution in [3.05, 3.63) is 50.6 Å². The van der Waals surface area contributed by atoms with E-state index in [-0.39, 0.29) is 0 Å². The Labute approximate surface area is 126 Å². The molecule has 1 heterocycles. The Bertz CT molecular complexity index is 593. The lowest BCUT2D eigenvalue weighted by atomic mass is 9.86. The predicted molar refractivity (Wildman–Crippen MR) is 84.4 cm³/mol. The molecule has 2 aromatic rings. The van der Waals surface area contributed by atoms with Crippen molar-refractivity contribution >= 4 is 33.0 Å². The van der Waals surface area contributed by atoms with Gasteiger partial charge in [0, 0.05) is 15.0 Å². The van der Waals surface area contributed by atoms with E-state index in [1.807, 2.05) is 38.1 Å². The van der Waals surface area contributed by atoms with Crippen molar-refractivity contribution in [2.75, 3.05) is 5.32 Å². The summed E-state index contributed by atoms with van der Waals surface area (Å²) in [7, 11) is 0. The second kappa shape index (κ2) is 5.77. The van der Waals surface area contributed by atoms with Gasteiger partial charge in [0.15, 0.2) is 0 Å². The Hall–Kier alpha value is -1.31. The lowest BCUT2D eigenvalue weighted by Gasteiger charge is -2.16. The van der Waals surface area contributed by atoms with Crippen molar-refractivity contribution in [3.63, 3.8) is 0 Å². The van der Waals surface area contributed by atoms with Crippen molar-refractivity contribution in [3.8, 4) is 6.07 Å². The summed E-state index contributed by atoms with van der Waals surface area (Å²) in [6.07, 6.45) is 0. The maximum absolute atomic E-state index is 9.11. The monoisotopic (exact) mass is 334 g/mol. The van der Waals surface area contributed by atoms with Crippen molar-refractivity contribution in [1.82, 2.24) is 0 Å². The van der Waals surface area contributed by atoms with Crippen LogP contribution in [0.15, 0.2) is 40.2 Å². The summed E-state index contributed by atoms with van der Waals surface area (Å²) in [5.74, 6) is 0. The lowest BCUT2D eigenvalue weighted by Crippen LogP contribution is -2.13. The van der Waals surface area contributed by atoms with Gasteiger partial charge in [0.05, 0.1) is 18.0 Å². The zero-order valence-corrected chi connectivity index (χ0v) is 13.3. The Kier molecular flexibility index (Phi) is 4.28. The third-order valence-corrected chi connectivity index (χ3v) is 4.96. The van der Waals surface area contributed by atoms with Crippen LogP contribution >= 0.6 is 27.3 Å². The van der Waals surface area contributed by atoms with E-state index in [2.05, 4.69) is 38.8 Å². The van der Waals surface area contributed by atoms with E-state index >= 15 is 0 Å². The van der Waals surface area contributed by atoms with Gasteiger partial charge in [-0.25, -0.2) is 0 Å². The van der Waals surface area contributed by atoms with Crippen molar-refractivity contribution in [2.24, 2.45) is 0 Å². The second-order valence-corrected chi connectivity index (χ2v) is 6.71. The molecule has 0 atom stereocenters. The Morgan fingerprint density at radius 1 is 1.26 bits per heavy atom. The Morgan fingerprint density at radius 2 is 1.95 bits per heavy atom. The van der Waals surface area contributed by atoms with Crippen LogP contribution < -0.4 is 5.32 Å². The SMILES string of the molecule is CC(C)(C#N)c1ccc(NCc2sccc2Br)cc1. The van der Waals surface area contributed by atoms with Gasteiger partial charge < -0.3 is 5.32 Å². The predicted octanol–water partition coefficient (Wildman–Crippen LogP) is 4.92. The number of thiophene rings is 1. The van der Waals surface area contributed by atoms with E-state index < -0.39 is 5.41 Å². The molecular weight excluding hydrogens is 320 g/mol. The summed E-state index contributed by atoms with van der Waals surface area (Å²) >= 11 is 5.25. The van der Waals surface area contributed by atoms with Crippen LogP contribution in [-0.4, -0.2) is 0 Å². The standard InChI is InChI=1S/C15H15BrN2S/c1-15(2,10-17)11-3-5-12(6-4-11)18-9-14-13(16)7-8-19-14/h3-8,18H,9H2,1-2H3. The molecule has 19 heavy (non-hydrogen) atoms. The van der Waals surface area contributed by atoms with Gasteiger partial charge in [-0.1, -0.05) is 12.1 Å². The molecule has 1 N–H and O–H groups in total. The third kappa shape index (κ3) is 3.37. The summed E-state index contributed by atoms with van der Waals surface area (Å²) in [6.45, 7) is 4.66. The van der Waals surface area contributed by atoms with Crippen molar-refractivity contribution in [1.29, 1.82) is 5.26 Å². The molecule has 98 valence electrons. The summed E-state index contributed by atoms with van der Waals surface area (Å²) in [5, 5.41) is 14.6. The van der Waals surface area contributed by atoms with E-state index in [0.29, 0.717) is 0 Å². The number of anilines is 1. The third-order valence-electron chi connectivity index (χ3n) is 3.03. The minimum absolute atomic E-state index is 0.435. The second-order valence-electron chi connectivity index (χ2n) is 4.86. The molecule has 0 aliphatic carbocycles. The fraction of sp³-hybridized carbons (Fsp3) is 0.267. The highest BCUT2D eigenvalue weighted by molar-refractivity contribution is 9.10. The van der Waals surface area contributed by atoms with Gasteiger partial charge in [-0.15, -0.1) is 11.3 Å². The average molecular weight is 335 g/mol. The van der Waals surface area contributed by atoms with Crippen LogP contribution in [0, 0.1) is 11.3 Å². The van der Waals surface area contributed by atoms with Crippen LogP contribution in [0.1, 0.15) is 24.3 Å². The van der Waals surface area contributed by atoms with Gasteiger partial charge in [0.2, 0.25) is 0 Å². The summed E-state index contributed by atoms with van der Waals surface area (Å²) in [5.41, 5.74) is 1.67. The molecule has 0 bridgehead atoms. The van der Waals surface area contributed by atoms with E-state index in [1.54, 1.807) is 11.3 Å². The van der Waals surface area contributed by atoms with Crippen LogP contribution in [0.2, 0.25) is 0 Å². The molecular formula is C15H15BrN2S. The normalized spacial score (nSPS) is 11.1. The first kappa shape index (κ1) is 14.1. The first-order valence-electron chi connectivity index (χ1n) is 6.00. The highest BCUT2D eigenvalue weighted by Crippen LogP contribution is 2.25. The molecule has 1 aromatic carbocycles. The number of nitriles is 1. The summed E-state index contributed by atoms with van der Waals surface area (Å²) in [4.78, 5) is 1.28. The van der Waals surface area contributed by atoms with Gasteiger partial charge in [-0.2, -0.15) is 5.26 Å². The molecule has 0 saturated carbocycles. The fourth-order valence-corrected chi connectivity index (χ4v) is 3.14. The minimum Gasteiger partial charge on any atom is -0.380 e. The first-order chi connectivity index (χ1) is 9.03. The van der Waals surface area contributed by atoms with E-state index in [9.17, 15) is 0 Å². The average Bonchev–Trinajstić information content (AvgIpc) is 2.82. The van der Waals surface area contributed by atoms with Crippen LogP contribution in [0.25, 0.3) is 0 Å². The van der Waals surface area contributed by atoms with Gasteiger partial charge in [0.25, 0.3) is 0 Å². The van der Waals surface area contributed by atoms with E-state index in [1.165, 1.54) is 4.88 Å². The van der Waals surface area contributed by atoms with Crippen LogP contribution in [-0.2, 0) is 12.0 Å². The zero-order chi connectivity index (χ0) is 13.9. The molecule has 0 fully saturated rings. The quantitative estimate of drug-likeness (QED) is 0.860. The molecule has 1 aromatic heterocycles. The minimum atomic E-state index is -0.435. The van der Waals surface area contributed by atoms with E-state index in [4.69, 9.17) is 5.26 Å². The number of nitrogens with zero attached hydrogens (tertiary/aromatic N) is 1. The smallest absolute Gasteiger partial charge is 0.0766 e. The number of benzene rings is 1. The van der Waals surface area contributed by atoms with Gasteiger partial charge in [-0.05, 0) is 58.9 Å². The molecule has 0 amide bonds. The molecule has 0 spiro atoms. The topological polar surface area (TPSA) is 35.8 Å². The number of nitrogens with one attached hydrogen (secondary N) is 1. The molecule has 0 saturated heterocycles. The van der Waals surface area contributed by atoms with Crippen LogP contribution in [0.3, 0.4) is 0 Å². The van der Waals surface area contributed by atoms with E-state index in [0.717, 1.165) is 22.3 Å². The summed E-state index contributed by atoms with van der Waals surface area (Å²) in [6, 6.07) is 12.4. The van der Waals surface area contributed by atoms with Crippen molar-refractivity contribution in [2.45, 2.75) is 25.8 Å². The first-order valence-corrected chi connectivity index (χ1v) is 7.68. The molecule has 2 nitrogen and oxygen atoms in total.